The SMILES string of the molecule is COc1ncccc1C(=O)NCc1cccnc1N(C)CCc1ccccn1. The third kappa shape index (κ3) is 4.82. The Labute approximate surface area is 164 Å². The summed E-state index contributed by atoms with van der Waals surface area (Å²) in [4.78, 5) is 27.5. The van der Waals surface area contributed by atoms with Crippen LogP contribution in [0.3, 0.4) is 0 Å². The second-order valence-electron chi connectivity index (χ2n) is 6.22. The molecule has 7 nitrogen and oxygen atoms in total. The van der Waals surface area contributed by atoms with E-state index < -0.39 is 0 Å². The molecule has 7 heteroatoms. The van der Waals surface area contributed by atoms with Crippen molar-refractivity contribution in [1.29, 1.82) is 0 Å². The molecule has 1 amide bonds. The fourth-order valence-corrected chi connectivity index (χ4v) is 2.84. The first-order chi connectivity index (χ1) is 13.7. The lowest BCUT2D eigenvalue weighted by molar-refractivity contribution is 0.0947. The molecule has 0 atom stereocenters. The van der Waals surface area contributed by atoms with Crippen LogP contribution in [-0.2, 0) is 13.0 Å². The van der Waals surface area contributed by atoms with Crippen LogP contribution in [0.1, 0.15) is 21.6 Å². The molecule has 0 saturated carbocycles. The number of likely N-dealkylation sites (N-methyl/N-ethyl adjacent to an activating group) is 1. The summed E-state index contributed by atoms with van der Waals surface area (Å²) in [6.45, 7) is 1.12. The maximum absolute atomic E-state index is 12.5. The van der Waals surface area contributed by atoms with Crippen LogP contribution in [-0.4, -0.2) is 41.6 Å². The van der Waals surface area contributed by atoms with Crippen LogP contribution in [0.15, 0.2) is 61.1 Å². The molecule has 1 N–H and O–H groups in total. The third-order valence-electron chi connectivity index (χ3n) is 4.31. The van der Waals surface area contributed by atoms with Gasteiger partial charge in [-0.15, -0.1) is 0 Å². The number of anilines is 1. The molecule has 3 aromatic heterocycles. The highest BCUT2D eigenvalue weighted by atomic mass is 16.5. The number of nitrogens with zero attached hydrogens (tertiary/aromatic N) is 4. The molecule has 0 bridgehead atoms. The van der Waals surface area contributed by atoms with Crippen molar-refractivity contribution in [2.45, 2.75) is 13.0 Å². The maximum atomic E-state index is 12.5. The average molecular weight is 377 g/mol. The van der Waals surface area contributed by atoms with E-state index >= 15 is 0 Å². The van der Waals surface area contributed by atoms with Gasteiger partial charge in [-0.25, -0.2) is 9.97 Å². The van der Waals surface area contributed by atoms with E-state index in [0.29, 0.717) is 18.0 Å². The molecule has 0 unspecified atom stereocenters. The molecule has 28 heavy (non-hydrogen) atoms. The number of ether oxygens (including phenoxy) is 1. The minimum Gasteiger partial charge on any atom is -0.480 e. The van der Waals surface area contributed by atoms with Gasteiger partial charge in [-0.1, -0.05) is 12.1 Å². The van der Waals surface area contributed by atoms with Crippen LogP contribution in [0.2, 0.25) is 0 Å². The highest BCUT2D eigenvalue weighted by molar-refractivity contribution is 5.96. The van der Waals surface area contributed by atoms with E-state index in [0.717, 1.165) is 30.0 Å². The van der Waals surface area contributed by atoms with Crippen molar-refractivity contribution in [3.63, 3.8) is 0 Å². The third-order valence-corrected chi connectivity index (χ3v) is 4.31. The van der Waals surface area contributed by atoms with Crippen LogP contribution in [0, 0.1) is 0 Å². The topological polar surface area (TPSA) is 80.2 Å². The number of nitrogens with one attached hydrogen (secondary N) is 1. The standard InChI is InChI=1S/C21H23N5O2/c1-26(14-10-17-8-3-4-11-22-17)19-16(7-5-12-23-19)15-25-20(27)18-9-6-13-24-21(18)28-2/h3-9,11-13H,10,14-15H2,1-2H3,(H,25,27). The van der Waals surface area contributed by atoms with E-state index in [-0.39, 0.29) is 5.91 Å². The van der Waals surface area contributed by atoms with Crippen LogP contribution in [0.4, 0.5) is 5.82 Å². The molecule has 0 aliphatic rings. The van der Waals surface area contributed by atoms with Crippen molar-refractivity contribution in [1.82, 2.24) is 20.3 Å². The zero-order valence-corrected chi connectivity index (χ0v) is 16.0. The summed E-state index contributed by atoms with van der Waals surface area (Å²) >= 11 is 0. The Balaban J connectivity index is 1.65. The van der Waals surface area contributed by atoms with Gasteiger partial charge >= 0.3 is 0 Å². The molecular formula is C21H23N5O2. The molecule has 3 heterocycles. The lowest BCUT2D eigenvalue weighted by Gasteiger charge is -2.21. The van der Waals surface area contributed by atoms with Crippen molar-refractivity contribution in [2.75, 3.05) is 25.6 Å². The first kappa shape index (κ1) is 19.3. The summed E-state index contributed by atoms with van der Waals surface area (Å²) in [6.07, 6.45) is 5.95. The van der Waals surface area contributed by atoms with Crippen LogP contribution >= 0.6 is 0 Å². The van der Waals surface area contributed by atoms with Crippen molar-refractivity contribution in [3.05, 3.63) is 77.9 Å². The molecule has 144 valence electrons. The second kappa shape index (κ2) is 9.45. The Bertz CT molecular complexity index is 917. The fraction of sp³-hybridized carbons (Fsp3) is 0.238. The van der Waals surface area contributed by atoms with E-state index in [1.807, 2.05) is 37.4 Å². The minimum atomic E-state index is -0.240. The van der Waals surface area contributed by atoms with Gasteiger partial charge in [-0.2, -0.15) is 0 Å². The van der Waals surface area contributed by atoms with Crippen molar-refractivity contribution in [3.8, 4) is 5.88 Å². The first-order valence-corrected chi connectivity index (χ1v) is 9.01. The van der Waals surface area contributed by atoms with Gasteiger partial charge in [-0.05, 0) is 30.3 Å². The highest BCUT2D eigenvalue weighted by Gasteiger charge is 2.14. The fourth-order valence-electron chi connectivity index (χ4n) is 2.84. The summed E-state index contributed by atoms with van der Waals surface area (Å²) in [5.41, 5.74) is 2.37. The van der Waals surface area contributed by atoms with Crippen molar-refractivity contribution < 1.29 is 9.53 Å². The average Bonchev–Trinajstić information content (AvgIpc) is 2.76. The molecule has 0 aliphatic carbocycles. The number of hydrogen-bond acceptors (Lipinski definition) is 6. The summed E-state index contributed by atoms with van der Waals surface area (Å²) in [6, 6.07) is 13.1. The van der Waals surface area contributed by atoms with Gasteiger partial charge < -0.3 is 15.0 Å². The molecule has 0 radical (unpaired) electrons. The monoisotopic (exact) mass is 377 g/mol. The number of carbonyl (C=O) groups excluding carboxylic acids is 1. The van der Waals surface area contributed by atoms with Crippen LogP contribution in [0.25, 0.3) is 0 Å². The molecule has 0 aliphatic heterocycles. The summed E-state index contributed by atoms with van der Waals surface area (Å²) < 4.78 is 5.16. The Morgan fingerprint density at radius 1 is 1.04 bits per heavy atom. The molecule has 3 aromatic rings. The van der Waals surface area contributed by atoms with Gasteiger partial charge in [0, 0.05) is 56.4 Å². The lowest BCUT2D eigenvalue weighted by Crippen LogP contribution is -2.27. The molecular weight excluding hydrogens is 354 g/mol. The zero-order chi connectivity index (χ0) is 19.8. The summed E-state index contributed by atoms with van der Waals surface area (Å²) in [7, 11) is 3.48. The number of pyridine rings is 3. The van der Waals surface area contributed by atoms with Gasteiger partial charge in [0.15, 0.2) is 0 Å². The number of amides is 1. The number of rotatable bonds is 8. The maximum Gasteiger partial charge on any atom is 0.257 e. The zero-order valence-electron chi connectivity index (χ0n) is 16.0. The normalized spacial score (nSPS) is 10.4. The van der Waals surface area contributed by atoms with Gasteiger partial charge in [0.1, 0.15) is 11.4 Å². The van der Waals surface area contributed by atoms with E-state index in [9.17, 15) is 4.79 Å². The number of carbonyl (C=O) groups is 1. The molecule has 0 fully saturated rings. The highest BCUT2D eigenvalue weighted by Crippen LogP contribution is 2.17. The Morgan fingerprint density at radius 2 is 1.82 bits per heavy atom. The molecule has 0 spiro atoms. The van der Waals surface area contributed by atoms with Crippen LogP contribution < -0.4 is 15.0 Å². The van der Waals surface area contributed by atoms with Gasteiger partial charge in [0.05, 0.1) is 7.11 Å². The van der Waals surface area contributed by atoms with E-state index in [2.05, 4.69) is 25.2 Å². The van der Waals surface area contributed by atoms with Crippen molar-refractivity contribution >= 4 is 11.7 Å². The van der Waals surface area contributed by atoms with Gasteiger partial charge in [0.2, 0.25) is 5.88 Å². The predicted molar refractivity (Wildman–Crippen MR) is 107 cm³/mol. The minimum absolute atomic E-state index is 0.240. The predicted octanol–water partition coefficient (Wildman–Crippen LogP) is 2.49. The summed E-state index contributed by atoms with van der Waals surface area (Å²) in [5.74, 6) is 0.895. The number of hydrogen-bond donors (Lipinski definition) is 1. The summed E-state index contributed by atoms with van der Waals surface area (Å²) in [5, 5.41) is 2.92. The number of aromatic nitrogens is 3. The number of methoxy groups -OCH3 is 1. The quantitative estimate of drug-likeness (QED) is 0.650. The van der Waals surface area contributed by atoms with Crippen LogP contribution in [0.5, 0.6) is 5.88 Å². The molecule has 3 rings (SSSR count). The molecule has 0 aromatic carbocycles. The Kier molecular flexibility index (Phi) is 6.51. The smallest absolute Gasteiger partial charge is 0.257 e. The van der Waals surface area contributed by atoms with Crippen molar-refractivity contribution in [2.24, 2.45) is 0 Å². The van der Waals surface area contributed by atoms with E-state index in [1.54, 1.807) is 30.7 Å². The largest absolute Gasteiger partial charge is 0.480 e. The lowest BCUT2D eigenvalue weighted by atomic mass is 10.2. The van der Waals surface area contributed by atoms with Gasteiger partial charge in [-0.3, -0.25) is 9.78 Å². The van der Waals surface area contributed by atoms with Gasteiger partial charge in [0.25, 0.3) is 5.91 Å². The van der Waals surface area contributed by atoms with E-state index in [1.165, 1.54) is 7.11 Å². The first-order valence-electron chi connectivity index (χ1n) is 9.01. The Morgan fingerprint density at radius 3 is 2.61 bits per heavy atom. The van der Waals surface area contributed by atoms with E-state index in [4.69, 9.17) is 4.74 Å². The Hall–Kier alpha value is -3.48. The molecule has 0 saturated heterocycles. The second-order valence-corrected chi connectivity index (χ2v) is 6.22.